The number of carbonyl (C=O) groups is 1. The van der Waals surface area contributed by atoms with Gasteiger partial charge in [0.05, 0.1) is 12.2 Å². The minimum absolute atomic E-state index is 0.210. The molecule has 8 heteroatoms. The maximum atomic E-state index is 13.1. The molecule has 2 aromatic heterocycles. The Morgan fingerprint density at radius 1 is 1.11 bits per heavy atom. The molecule has 4 rings (SSSR count). The van der Waals surface area contributed by atoms with Gasteiger partial charge in [-0.05, 0) is 35.4 Å². The van der Waals surface area contributed by atoms with Crippen LogP contribution in [-0.2, 0) is 26.3 Å². The molecule has 138 valence electrons. The predicted octanol–water partition coefficient (Wildman–Crippen LogP) is 2.80. The maximum absolute atomic E-state index is 13.1. The van der Waals surface area contributed by atoms with Crippen LogP contribution in [0, 0.1) is 0 Å². The van der Waals surface area contributed by atoms with Crippen LogP contribution in [0.3, 0.4) is 0 Å². The molecule has 0 unspecified atom stereocenters. The SMILES string of the molecule is O=C(c1ccc(CF)c(CF)c1)N1CCc2c(nnn2-c2ccccn2)C1. The molecule has 0 aliphatic carbocycles. The highest BCUT2D eigenvalue weighted by Crippen LogP contribution is 2.22. The van der Waals surface area contributed by atoms with Gasteiger partial charge in [0.1, 0.15) is 19.0 Å². The van der Waals surface area contributed by atoms with E-state index in [1.54, 1.807) is 15.8 Å². The molecule has 3 heterocycles. The number of halogens is 2. The van der Waals surface area contributed by atoms with Gasteiger partial charge >= 0.3 is 0 Å². The maximum Gasteiger partial charge on any atom is 0.254 e. The monoisotopic (exact) mass is 369 g/mol. The van der Waals surface area contributed by atoms with Gasteiger partial charge < -0.3 is 4.90 Å². The van der Waals surface area contributed by atoms with Crippen molar-refractivity contribution in [2.24, 2.45) is 0 Å². The van der Waals surface area contributed by atoms with E-state index in [9.17, 15) is 13.6 Å². The Morgan fingerprint density at radius 2 is 1.96 bits per heavy atom. The van der Waals surface area contributed by atoms with Gasteiger partial charge in [0.25, 0.3) is 5.91 Å². The topological polar surface area (TPSA) is 63.9 Å². The molecule has 0 bridgehead atoms. The minimum Gasteiger partial charge on any atom is -0.332 e. The summed E-state index contributed by atoms with van der Waals surface area (Å²) in [7, 11) is 0. The van der Waals surface area contributed by atoms with E-state index in [4.69, 9.17) is 0 Å². The first kappa shape index (κ1) is 17.3. The second-order valence-electron chi connectivity index (χ2n) is 6.31. The van der Waals surface area contributed by atoms with Crippen molar-refractivity contribution in [3.8, 4) is 5.82 Å². The first-order valence-electron chi connectivity index (χ1n) is 8.59. The van der Waals surface area contributed by atoms with Gasteiger partial charge in [0.15, 0.2) is 5.82 Å². The first-order chi connectivity index (χ1) is 13.2. The Morgan fingerprint density at radius 3 is 2.70 bits per heavy atom. The minimum atomic E-state index is -0.803. The van der Waals surface area contributed by atoms with Crippen molar-refractivity contribution in [2.75, 3.05) is 6.54 Å². The van der Waals surface area contributed by atoms with Gasteiger partial charge in [-0.2, -0.15) is 4.68 Å². The molecule has 6 nitrogen and oxygen atoms in total. The van der Waals surface area contributed by atoms with Gasteiger partial charge in [-0.15, -0.1) is 5.10 Å². The molecule has 27 heavy (non-hydrogen) atoms. The number of benzene rings is 1. The van der Waals surface area contributed by atoms with E-state index in [2.05, 4.69) is 15.3 Å². The van der Waals surface area contributed by atoms with Gasteiger partial charge in [0, 0.05) is 24.7 Å². The third-order valence-electron chi connectivity index (χ3n) is 4.70. The highest BCUT2D eigenvalue weighted by Gasteiger charge is 2.27. The van der Waals surface area contributed by atoms with Crippen molar-refractivity contribution in [1.82, 2.24) is 24.9 Å². The lowest BCUT2D eigenvalue weighted by atomic mass is 10.0. The number of hydrogen-bond acceptors (Lipinski definition) is 4. The summed E-state index contributed by atoms with van der Waals surface area (Å²) in [5, 5.41) is 8.35. The number of hydrogen-bond donors (Lipinski definition) is 0. The highest BCUT2D eigenvalue weighted by atomic mass is 19.1. The summed E-state index contributed by atoms with van der Waals surface area (Å²) in [6.07, 6.45) is 2.27. The fourth-order valence-electron chi connectivity index (χ4n) is 3.24. The molecule has 0 saturated carbocycles. The highest BCUT2D eigenvalue weighted by molar-refractivity contribution is 5.94. The third kappa shape index (κ3) is 3.18. The molecule has 1 aliphatic heterocycles. The summed E-state index contributed by atoms with van der Waals surface area (Å²) in [5.41, 5.74) is 2.47. The summed E-state index contributed by atoms with van der Waals surface area (Å²) < 4.78 is 27.7. The number of amides is 1. The number of aromatic nitrogens is 4. The molecule has 0 spiro atoms. The molecule has 0 saturated heterocycles. The van der Waals surface area contributed by atoms with E-state index in [1.165, 1.54) is 18.2 Å². The molecule has 3 aromatic rings. The number of carbonyl (C=O) groups excluding carboxylic acids is 1. The largest absolute Gasteiger partial charge is 0.332 e. The second kappa shape index (κ2) is 7.22. The molecule has 1 amide bonds. The number of pyridine rings is 1. The number of nitrogens with zero attached hydrogens (tertiary/aromatic N) is 5. The van der Waals surface area contributed by atoms with Crippen LogP contribution in [0.2, 0.25) is 0 Å². The normalized spacial score (nSPS) is 13.5. The van der Waals surface area contributed by atoms with Crippen molar-refractivity contribution in [3.63, 3.8) is 0 Å². The summed E-state index contributed by atoms with van der Waals surface area (Å²) in [4.78, 5) is 18.7. The number of rotatable bonds is 4. The summed E-state index contributed by atoms with van der Waals surface area (Å²) in [6.45, 7) is -0.751. The summed E-state index contributed by atoms with van der Waals surface area (Å²) in [5.74, 6) is 0.452. The molecule has 0 atom stereocenters. The molecule has 0 fully saturated rings. The smallest absolute Gasteiger partial charge is 0.254 e. The fraction of sp³-hybridized carbons (Fsp3) is 0.263. The zero-order chi connectivity index (χ0) is 18.8. The van der Waals surface area contributed by atoms with Crippen LogP contribution in [-0.4, -0.2) is 37.3 Å². The lowest BCUT2D eigenvalue weighted by Crippen LogP contribution is -2.36. The Labute approximate surface area is 154 Å². The van der Waals surface area contributed by atoms with Crippen molar-refractivity contribution in [1.29, 1.82) is 0 Å². The average molecular weight is 369 g/mol. The van der Waals surface area contributed by atoms with Crippen molar-refractivity contribution in [3.05, 3.63) is 70.7 Å². The lowest BCUT2D eigenvalue weighted by Gasteiger charge is -2.26. The molecule has 1 aromatic carbocycles. The first-order valence-corrected chi connectivity index (χ1v) is 8.59. The van der Waals surface area contributed by atoms with Gasteiger partial charge in [-0.3, -0.25) is 4.79 Å². The summed E-state index contributed by atoms with van der Waals surface area (Å²) >= 11 is 0. The Hall–Kier alpha value is -3.16. The van der Waals surface area contributed by atoms with Crippen LogP contribution in [0.15, 0.2) is 42.6 Å². The van der Waals surface area contributed by atoms with E-state index in [0.717, 1.165) is 5.69 Å². The van der Waals surface area contributed by atoms with Crippen LogP contribution in [0.1, 0.15) is 32.9 Å². The van der Waals surface area contributed by atoms with Crippen LogP contribution in [0.25, 0.3) is 5.82 Å². The predicted molar refractivity (Wildman–Crippen MR) is 93.7 cm³/mol. The van der Waals surface area contributed by atoms with Crippen LogP contribution >= 0.6 is 0 Å². The summed E-state index contributed by atoms with van der Waals surface area (Å²) in [6, 6.07) is 9.98. The standard InChI is InChI=1S/C19H17F2N5O/c20-10-14-5-4-13(9-15(14)11-21)19(27)25-8-6-17-16(12-25)23-24-26(17)18-3-1-2-7-22-18/h1-5,7,9H,6,8,10-12H2. The number of alkyl halides is 2. The van der Waals surface area contributed by atoms with E-state index in [1.807, 2.05) is 18.2 Å². The number of fused-ring (bicyclic) bond motifs is 1. The van der Waals surface area contributed by atoms with Gasteiger partial charge in [-0.25, -0.2) is 13.8 Å². The fourth-order valence-corrected chi connectivity index (χ4v) is 3.24. The van der Waals surface area contributed by atoms with E-state index in [-0.39, 0.29) is 17.0 Å². The lowest BCUT2D eigenvalue weighted by molar-refractivity contribution is 0.0731. The Balaban J connectivity index is 1.57. The van der Waals surface area contributed by atoms with Crippen LogP contribution in [0.4, 0.5) is 8.78 Å². The Kier molecular flexibility index (Phi) is 4.62. The van der Waals surface area contributed by atoms with Crippen LogP contribution < -0.4 is 0 Å². The van der Waals surface area contributed by atoms with E-state index < -0.39 is 13.3 Å². The second-order valence-corrected chi connectivity index (χ2v) is 6.31. The van der Waals surface area contributed by atoms with E-state index >= 15 is 0 Å². The zero-order valence-corrected chi connectivity index (χ0v) is 14.5. The van der Waals surface area contributed by atoms with E-state index in [0.29, 0.717) is 36.6 Å². The van der Waals surface area contributed by atoms with Crippen molar-refractivity contribution in [2.45, 2.75) is 26.3 Å². The van der Waals surface area contributed by atoms with Crippen molar-refractivity contribution >= 4 is 5.91 Å². The quantitative estimate of drug-likeness (QED) is 0.709. The average Bonchev–Trinajstić information content (AvgIpc) is 3.16. The molecular formula is C19H17F2N5O. The zero-order valence-electron chi connectivity index (χ0n) is 14.5. The van der Waals surface area contributed by atoms with Gasteiger partial charge in [-0.1, -0.05) is 17.3 Å². The molecule has 1 aliphatic rings. The van der Waals surface area contributed by atoms with Gasteiger partial charge in [0.2, 0.25) is 0 Å². The Bertz CT molecular complexity index is 973. The van der Waals surface area contributed by atoms with Crippen LogP contribution in [0.5, 0.6) is 0 Å². The van der Waals surface area contributed by atoms with Crippen molar-refractivity contribution < 1.29 is 13.6 Å². The molecule has 0 radical (unpaired) electrons. The molecule has 0 N–H and O–H groups in total. The third-order valence-corrected chi connectivity index (χ3v) is 4.70. The molecular weight excluding hydrogens is 352 g/mol.